The van der Waals surface area contributed by atoms with Crippen LogP contribution in [0.1, 0.15) is 116 Å². The van der Waals surface area contributed by atoms with Crippen molar-refractivity contribution < 1.29 is 52.2 Å². The number of aliphatic hydroxyl groups excluding tert-OH is 1. The largest absolute Gasteiger partial charge is 0.479 e. The number of anilines is 1. The van der Waals surface area contributed by atoms with Gasteiger partial charge in [0.05, 0.1) is 19.5 Å². The van der Waals surface area contributed by atoms with E-state index in [2.05, 4.69) is 26.2 Å². The molecule has 288 valence electrons. The zero-order valence-electron chi connectivity index (χ0n) is 29.3. The van der Waals surface area contributed by atoms with E-state index in [1.807, 2.05) is 0 Å². The van der Waals surface area contributed by atoms with Crippen LogP contribution in [-0.2, 0) is 32.2 Å². The third-order valence-electron chi connectivity index (χ3n) is 8.55. The lowest BCUT2D eigenvalue weighted by molar-refractivity contribution is -0.0959. The summed E-state index contributed by atoms with van der Waals surface area (Å²) in [6.45, 7) is 3.64. The van der Waals surface area contributed by atoms with Crippen molar-refractivity contribution in [3.63, 3.8) is 0 Å². The van der Waals surface area contributed by atoms with Gasteiger partial charge in [-0.2, -0.15) is 4.98 Å². The van der Waals surface area contributed by atoms with Crippen LogP contribution in [0.15, 0.2) is 11.1 Å². The first-order chi connectivity index (χ1) is 23.8. The lowest BCUT2D eigenvalue weighted by Crippen LogP contribution is -2.44. The number of nitrogens with zero attached hydrogens (tertiary/aromatic N) is 3. The number of nitrogen functional groups attached to an aromatic ring is 1. The van der Waals surface area contributed by atoms with Gasteiger partial charge in [0, 0.05) is 13.2 Å². The maximum Gasteiger partial charge on any atom is 0.479 e. The molecular weight excluding hydrogens is 696 g/mol. The van der Waals surface area contributed by atoms with Gasteiger partial charge in [0.2, 0.25) is 5.95 Å². The molecule has 6 atom stereocenters. The highest BCUT2D eigenvalue weighted by Crippen LogP contribution is 2.59. The van der Waals surface area contributed by atoms with Gasteiger partial charge >= 0.3 is 15.4 Å². The maximum absolute atomic E-state index is 12.4. The van der Waals surface area contributed by atoms with E-state index in [0.29, 0.717) is 13.2 Å². The molecule has 17 nitrogen and oxygen atoms in total. The Kier molecular flexibility index (Phi) is 18.0. The number of aromatic amines is 1. The average molecular weight is 754 g/mol. The Labute approximate surface area is 293 Å². The quantitative estimate of drug-likeness (QED) is 0.0525. The van der Waals surface area contributed by atoms with Gasteiger partial charge in [0.1, 0.15) is 24.2 Å². The lowest BCUT2D eigenvalue weighted by atomic mass is 9.96. The molecule has 0 spiro atoms. The average Bonchev–Trinajstić information content (AvgIpc) is 3.55. The molecule has 1 saturated heterocycles. The maximum atomic E-state index is 12.4. The Morgan fingerprint density at radius 2 is 1.52 bits per heavy atom. The number of rotatable bonds is 27. The SMILES string of the molecule is CCCCCCCCCCCCCCCCOCCCOP(=O)(O)OP(=O)(O)COC[C@H]1O[C@@H](n2cnc3c(=O)[nH]c(N)nc32)[C@](C)(O)[C@@H]1O. The number of H-pyrrole nitrogens is 1. The molecule has 19 heteroatoms. The van der Waals surface area contributed by atoms with Gasteiger partial charge in [-0.15, -0.1) is 0 Å². The van der Waals surface area contributed by atoms with Crippen molar-refractivity contribution in [3.05, 3.63) is 16.7 Å². The molecule has 3 rings (SSSR count). The number of aliphatic hydroxyl groups is 2. The molecule has 50 heavy (non-hydrogen) atoms. The molecule has 1 aliphatic rings. The molecule has 0 aromatic carbocycles. The number of phosphoric ester groups is 1. The Morgan fingerprint density at radius 3 is 2.14 bits per heavy atom. The van der Waals surface area contributed by atoms with E-state index in [1.54, 1.807) is 0 Å². The Morgan fingerprint density at radius 1 is 0.940 bits per heavy atom. The predicted octanol–water partition coefficient (Wildman–Crippen LogP) is 4.89. The fourth-order valence-electron chi connectivity index (χ4n) is 5.83. The summed E-state index contributed by atoms with van der Waals surface area (Å²) in [6, 6.07) is 0. The Bertz CT molecular complexity index is 1440. The van der Waals surface area contributed by atoms with E-state index in [9.17, 15) is 33.9 Å². The first-order valence-corrected chi connectivity index (χ1v) is 21.0. The second kappa shape index (κ2) is 21.1. The number of imidazole rings is 1. The number of hydrogen-bond donors (Lipinski definition) is 6. The first kappa shape index (κ1) is 42.7. The van der Waals surface area contributed by atoms with Crippen molar-refractivity contribution in [1.82, 2.24) is 19.5 Å². The van der Waals surface area contributed by atoms with Crippen molar-refractivity contribution in [3.8, 4) is 0 Å². The minimum absolute atomic E-state index is 0.00571. The molecule has 2 unspecified atom stereocenters. The second-order valence-corrected chi connectivity index (χ2v) is 16.4. The van der Waals surface area contributed by atoms with Crippen LogP contribution in [0, 0.1) is 0 Å². The van der Waals surface area contributed by atoms with E-state index in [0.717, 1.165) is 12.8 Å². The van der Waals surface area contributed by atoms with Crippen LogP contribution in [0.2, 0.25) is 0 Å². The minimum Gasteiger partial charge on any atom is -0.387 e. The van der Waals surface area contributed by atoms with Crippen LogP contribution < -0.4 is 11.3 Å². The molecule has 0 aliphatic carbocycles. The minimum atomic E-state index is -4.90. The highest BCUT2D eigenvalue weighted by molar-refractivity contribution is 7.63. The van der Waals surface area contributed by atoms with Crippen LogP contribution >= 0.6 is 15.4 Å². The molecule has 0 saturated carbocycles. The van der Waals surface area contributed by atoms with Crippen LogP contribution in [0.25, 0.3) is 11.2 Å². The van der Waals surface area contributed by atoms with Gasteiger partial charge in [0.15, 0.2) is 17.4 Å². The third-order valence-corrected chi connectivity index (χ3v) is 11.4. The Balaban J connectivity index is 1.24. The summed E-state index contributed by atoms with van der Waals surface area (Å²) in [7, 11) is -9.70. The van der Waals surface area contributed by atoms with Crippen LogP contribution in [0.3, 0.4) is 0 Å². The molecular formula is C31H57N5O12P2. The number of phosphoric acid groups is 1. The lowest BCUT2D eigenvalue weighted by Gasteiger charge is -2.27. The van der Waals surface area contributed by atoms with Gasteiger partial charge in [-0.25, -0.2) is 13.9 Å². The zero-order chi connectivity index (χ0) is 36.6. The molecule has 0 amide bonds. The highest BCUT2D eigenvalue weighted by Gasteiger charge is 2.53. The van der Waals surface area contributed by atoms with Crippen LogP contribution in [0.4, 0.5) is 5.95 Å². The molecule has 1 fully saturated rings. The van der Waals surface area contributed by atoms with Crippen molar-refractivity contribution >= 4 is 32.5 Å². The number of hydrogen-bond acceptors (Lipinski definition) is 13. The predicted molar refractivity (Wildman–Crippen MR) is 186 cm³/mol. The summed E-state index contributed by atoms with van der Waals surface area (Å²) in [5.74, 6) is -0.199. The van der Waals surface area contributed by atoms with Crippen molar-refractivity contribution in [2.75, 3.05) is 38.5 Å². The van der Waals surface area contributed by atoms with E-state index in [-0.39, 0.29) is 30.1 Å². The van der Waals surface area contributed by atoms with Crippen molar-refractivity contribution in [2.45, 2.75) is 134 Å². The summed E-state index contributed by atoms with van der Waals surface area (Å²) < 4.78 is 51.6. The van der Waals surface area contributed by atoms with Gasteiger partial charge < -0.3 is 39.9 Å². The molecule has 3 heterocycles. The van der Waals surface area contributed by atoms with Gasteiger partial charge in [-0.1, -0.05) is 90.4 Å². The highest BCUT2D eigenvalue weighted by atomic mass is 31.3. The van der Waals surface area contributed by atoms with Crippen molar-refractivity contribution in [2.24, 2.45) is 0 Å². The summed E-state index contributed by atoms with van der Waals surface area (Å²) in [5.41, 5.74) is 2.99. The van der Waals surface area contributed by atoms with E-state index < -0.39 is 58.0 Å². The third kappa shape index (κ3) is 14.0. The first-order valence-electron chi connectivity index (χ1n) is 17.7. The van der Waals surface area contributed by atoms with E-state index >= 15 is 0 Å². The summed E-state index contributed by atoms with van der Waals surface area (Å²) in [6.07, 6.45) is 14.1. The van der Waals surface area contributed by atoms with Crippen LogP contribution in [-0.4, -0.2) is 90.1 Å². The number of nitrogens with two attached hydrogens (primary N) is 1. The van der Waals surface area contributed by atoms with Crippen LogP contribution in [0.5, 0.6) is 0 Å². The number of aromatic nitrogens is 4. The monoisotopic (exact) mass is 753 g/mol. The topological polar surface area (TPSA) is 251 Å². The smallest absolute Gasteiger partial charge is 0.387 e. The van der Waals surface area contributed by atoms with E-state index in [1.165, 1.54) is 94.9 Å². The number of ether oxygens (including phenoxy) is 3. The van der Waals surface area contributed by atoms with E-state index in [4.69, 9.17) is 24.5 Å². The van der Waals surface area contributed by atoms with Crippen molar-refractivity contribution in [1.29, 1.82) is 0 Å². The number of fused-ring (bicyclic) bond motifs is 1. The summed E-state index contributed by atoms with van der Waals surface area (Å²) >= 11 is 0. The number of unbranched alkanes of at least 4 members (excludes halogenated alkanes) is 13. The molecule has 0 bridgehead atoms. The molecule has 0 radical (unpaired) electrons. The fourth-order valence-corrected chi connectivity index (χ4v) is 8.19. The number of nitrogens with one attached hydrogen (secondary N) is 1. The fraction of sp³-hybridized carbons (Fsp3) is 0.839. The van der Waals surface area contributed by atoms with Gasteiger partial charge in [-0.3, -0.25) is 23.4 Å². The second-order valence-electron chi connectivity index (χ2n) is 13.1. The van der Waals surface area contributed by atoms with Gasteiger partial charge in [-0.05, 0) is 19.8 Å². The summed E-state index contributed by atoms with van der Waals surface area (Å²) in [4.78, 5) is 42.4. The zero-order valence-corrected chi connectivity index (χ0v) is 31.1. The summed E-state index contributed by atoms with van der Waals surface area (Å²) in [5, 5.41) is 21.7. The molecule has 7 N–H and O–H groups in total. The normalized spacial score (nSPS) is 23.4. The molecule has 1 aliphatic heterocycles. The van der Waals surface area contributed by atoms with Gasteiger partial charge in [0.25, 0.3) is 5.56 Å². The molecule has 2 aromatic heterocycles. The Hall–Kier alpha value is -1.75. The standard InChI is InChI=1S/C31H57N5O12P2/c1-3-4-5-6-7-8-9-10-11-12-13-14-15-16-18-44-19-17-20-46-50(42,43)48-49(40,41)23-45-21-24-26(37)31(2,39)29(47-24)36-22-33-25-27(36)34-30(32)35-28(25)38/h22,24,26,29,37,39H,3-21,23H2,1-2H3,(H,40,41)(H,42,43)(H3,32,34,35,38)/t24-,26-,29-,31-/m1/s1. The molecule has 2 aromatic rings.